The minimum Gasteiger partial charge on any atom is -0.461 e. The van der Waals surface area contributed by atoms with Crippen LogP contribution < -0.4 is 4.74 Å². The average Bonchev–Trinajstić information content (AvgIpc) is 2.83. The average molecular weight is 302 g/mol. The normalized spacial score (nSPS) is 10.3. The van der Waals surface area contributed by atoms with E-state index in [0.717, 1.165) is 11.3 Å². The molecular formula is C12H9ClFNO3S. The Labute approximate surface area is 117 Å². The van der Waals surface area contributed by atoms with Gasteiger partial charge < -0.3 is 9.47 Å². The monoisotopic (exact) mass is 301 g/mol. The van der Waals surface area contributed by atoms with E-state index in [-0.39, 0.29) is 22.5 Å². The Bertz CT molecular complexity index is 602. The predicted molar refractivity (Wildman–Crippen MR) is 69.6 cm³/mol. The fourth-order valence-electron chi connectivity index (χ4n) is 1.24. The first kappa shape index (κ1) is 13.8. The summed E-state index contributed by atoms with van der Waals surface area (Å²) in [6, 6.07) is 3.95. The van der Waals surface area contributed by atoms with Crippen LogP contribution in [0.2, 0.25) is 5.02 Å². The zero-order chi connectivity index (χ0) is 13.8. The highest BCUT2D eigenvalue weighted by Gasteiger charge is 2.13. The molecule has 0 saturated carbocycles. The Morgan fingerprint density at radius 1 is 1.53 bits per heavy atom. The number of hydrogen-bond donors (Lipinski definition) is 0. The third kappa shape index (κ3) is 3.42. The summed E-state index contributed by atoms with van der Waals surface area (Å²) in [6.45, 7) is 1.99. The molecule has 0 aliphatic rings. The van der Waals surface area contributed by atoms with Crippen molar-refractivity contribution >= 4 is 28.9 Å². The SMILES string of the molecule is CCOC(=O)c1csc(Oc2ccc(F)c(Cl)c2)n1. The highest BCUT2D eigenvalue weighted by atomic mass is 35.5. The van der Waals surface area contributed by atoms with Gasteiger partial charge in [0.05, 0.1) is 11.6 Å². The van der Waals surface area contributed by atoms with Crippen LogP contribution in [-0.2, 0) is 4.74 Å². The van der Waals surface area contributed by atoms with Gasteiger partial charge in [-0.1, -0.05) is 22.9 Å². The Balaban J connectivity index is 2.11. The second kappa shape index (κ2) is 5.99. The molecule has 0 unspecified atom stereocenters. The van der Waals surface area contributed by atoms with Crippen molar-refractivity contribution in [1.82, 2.24) is 4.98 Å². The number of hydrogen-bond acceptors (Lipinski definition) is 5. The van der Waals surface area contributed by atoms with Crippen LogP contribution >= 0.6 is 22.9 Å². The molecule has 0 amide bonds. The molecule has 0 bridgehead atoms. The van der Waals surface area contributed by atoms with E-state index in [1.165, 1.54) is 23.6 Å². The van der Waals surface area contributed by atoms with E-state index in [4.69, 9.17) is 21.1 Å². The number of esters is 1. The van der Waals surface area contributed by atoms with E-state index in [9.17, 15) is 9.18 Å². The van der Waals surface area contributed by atoms with Crippen LogP contribution in [0.1, 0.15) is 17.4 Å². The summed E-state index contributed by atoms with van der Waals surface area (Å²) in [4.78, 5) is 15.4. The van der Waals surface area contributed by atoms with Crippen molar-refractivity contribution in [3.05, 3.63) is 40.1 Å². The van der Waals surface area contributed by atoms with Crippen LogP contribution in [0.15, 0.2) is 23.6 Å². The van der Waals surface area contributed by atoms with Gasteiger partial charge in [-0.2, -0.15) is 4.98 Å². The number of aromatic nitrogens is 1. The third-order valence-corrected chi connectivity index (χ3v) is 3.07. The summed E-state index contributed by atoms with van der Waals surface area (Å²) >= 11 is 6.77. The van der Waals surface area contributed by atoms with Gasteiger partial charge in [-0.25, -0.2) is 9.18 Å². The summed E-state index contributed by atoms with van der Waals surface area (Å²) < 4.78 is 23.1. The molecule has 2 rings (SSSR count). The van der Waals surface area contributed by atoms with Crippen molar-refractivity contribution in [2.75, 3.05) is 6.61 Å². The van der Waals surface area contributed by atoms with E-state index in [0.29, 0.717) is 5.75 Å². The van der Waals surface area contributed by atoms with Crippen LogP contribution in [0.25, 0.3) is 0 Å². The van der Waals surface area contributed by atoms with E-state index < -0.39 is 11.8 Å². The smallest absolute Gasteiger partial charge is 0.357 e. The molecule has 0 radical (unpaired) electrons. The van der Waals surface area contributed by atoms with Crippen LogP contribution in [0.4, 0.5) is 4.39 Å². The number of rotatable bonds is 4. The Morgan fingerprint density at radius 2 is 2.32 bits per heavy atom. The molecule has 4 nitrogen and oxygen atoms in total. The quantitative estimate of drug-likeness (QED) is 0.804. The minimum absolute atomic E-state index is 0.0420. The lowest BCUT2D eigenvalue weighted by Crippen LogP contribution is -2.04. The topological polar surface area (TPSA) is 48.4 Å². The van der Waals surface area contributed by atoms with E-state index >= 15 is 0 Å². The Kier molecular flexibility index (Phi) is 4.34. The zero-order valence-corrected chi connectivity index (χ0v) is 11.4. The maximum atomic E-state index is 13.0. The van der Waals surface area contributed by atoms with Gasteiger partial charge in [0.15, 0.2) is 5.69 Å². The van der Waals surface area contributed by atoms with Gasteiger partial charge in [0, 0.05) is 11.4 Å². The van der Waals surface area contributed by atoms with Gasteiger partial charge in [-0.15, -0.1) is 0 Å². The van der Waals surface area contributed by atoms with Gasteiger partial charge >= 0.3 is 5.97 Å². The molecule has 1 heterocycles. The summed E-state index contributed by atoms with van der Waals surface area (Å²) in [5.41, 5.74) is 0.176. The first-order valence-electron chi connectivity index (χ1n) is 5.35. The highest BCUT2D eigenvalue weighted by molar-refractivity contribution is 7.11. The molecule has 0 saturated heterocycles. The van der Waals surface area contributed by atoms with Crippen molar-refractivity contribution in [2.24, 2.45) is 0 Å². The standard InChI is InChI=1S/C12H9ClFNO3S/c1-2-17-11(16)10-6-19-12(15-10)18-7-3-4-9(14)8(13)5-7/h3-6H,2H2,1H3. The van der Waals surface area contributed by atoms with Crippen molar-refractivity contribution in [2.45, 2.75) is 6.92 Å². The lowest BCUT2D eigenvalue weighted by molar-refractivity contribution is 0.0520. The molecule has 100 valence electrons. The summed E-state index contributed by atoms with van der Waals surface area (Å²) in [5, 5.41) is 1.74. The molecule has 1 aromatic heterocycles. The molecule has 0 atom stereocenters. The first-order chi connectivity index (χ1) is 9.10. The maximum absolute atomic E-state index is 13.0. The Morgan fingerprint density at radius 3 is 3.00 bits per heavy atom. The number of benzene rings is 1. The molecule has 19 heavy (non-hydrogen) atoms. The highest BCUT2D eigenvalue weighted by Crippen LogP contribution is 2.28. The van der Waals surface area contributed by atoms with Crippen molar-refractivity contribution in [3.63, 3.8) is 0 Å². The molecule has 0 spiro atoms. The summed E-state index contributed by atoms with van der Waals surface area (Å²) in [5.74, 6) is -0.692. The summed E-state index contributed by atoms with van der Waals surface area (Å²) in [7, 11) is 0. The second-order valence-electron chi connectivity index (χ2n) is 3.40. The molecule has 0 aliphatic heterocycles. The van der Waals surface area contributed by atoms with Crippen LogP contribution in [0.3, 0.4) is 0 Å². The van der Waals surface area contributed by atoms with E-state index in [1.54, 1.807) is 6.92 Å². The largest absolute Gasteiger partial charge is 0.461 e. The number of nitrogens with zero attached hydrogens (tertiary/aromatic N) is 1. The van der Waals surface area contributed by atoms with Crippen LogP contribution in [0, 0.1) is 5.82 Å². The van der Waals surface area contributed by atoms with Gasteiger partial charge in [0.2, 0.25) is 0 Å². The van der Waals surface area contributed by atoms with Gasteiger partial charge in [0.1, 0.15) is 11.6 Å². The number of carbonyl (C=O) groups excluding carboxylic acids is 1. The van der Waals surface area contributed by atoms with Crippen molar-refractivity contribution in [3.8, 4) is 10.9 Å². The van der Waals surface area contributed by atoms with Gasteiger partial charge in [-0.05, 0) is 19.1 Å². The number of ether oxygens (including phenoxy) is 2. The number of halogens is 2. The molecule has 0 fully saturated rings. The molecule has 1 aromatic carbocycles. The molecular weight excluding hydrogens is 293 g/mol. The summed E-state index contributed by atoms with van der Waals surface area (Å²) in [6.07, 6.45) is 0. The minimum atomic E-state index is -0.527. The van der Waals surface area contributed by atoms with E-state index in [1.807, 2.05) is 0 Å². The zero-order valence-electron chi connectivity index (χ0n) is 9.85. The fourth-order valence-corrected chi connectivity index (χ4v) is 2.07. The second-order valence-corrected chi connectivity index (χ2v) is 4.62. The molecule has 0 aliphatic carbocycles. The van der Waals surface area contributed by atoms with Crippen LogP contribution in [0.5, 0.6) is 10.9 Å². The van der Waals surface area contributed by atoms with Crippen molar-refractivity contribution in [1.29, 1.82) is 0 Å². The van der Waals surface area contributed by atoms with Crippen LogP contribution in [-0.4, -0.2) is 17.6 Å². The molecule has 2 aromatic rings. The van der Waals surface area contributed by atoms with E-state index in [2.05, 4.69) is 4.98 Å². The lowest BCUT2D eigenvalue weighted by atomic mass is 10.3. The molecule has 7 heteroatoms. The fraction of sp³-hybridized carbons (Fsp3) is 0.167. The Hall–Kier alpha value is -1.66. The third-order valence-electron chi connectivity index (χ3n) is 2.06. The number of carbonyl (C=O) groups is 1. The molecule has 0 N–H and O–H groups in total. The van der Waals surface area contributed by atoms with Crippen molar-refractivity contribution < 1.29 is 18.7 Å². The van der Waals surface area contributed by atoms with Gasteiger partial charge in [0.25, 0.3) is 5.19 Å². The van der Waals surface area contributed by atoms with Gasteiger partial charge in [-0.3, -0.25) is 0 Å². The first-order valence-corrected chi connectivity index (χ1v) is 6.61. The lowest BCUT2D eigenvalue weighted by Gasteiger charge is -2.02. The predicted octanol–water partition coefficient (Wildman–Crippen LogP) is 3.90. The maximum Gasteiger partial charge on any atom is 0.357 e. The number of thiazole rings is 1.